The van der Waals surface area contributed by atoms with Crippen LogP contribution in [0.1, 0.15) is 13.8 Å². The molecule has 0 aliphatic carbocycles. The second kappa shape index (κ2) is 5.85. The van der Waals surface area contributed by atoms with Crippen LogP contribution in [0.25, 0.3) is 0 Å². The van der Waals surface area contributed by atoms with Crippen LogP contribution in [-0.2, 0) is 19.0 Å². The smallest absolute Gasteiger partial charge is 0.271 e. The van der Waals surface area contributed by atoms with Gasteiger partial charge >= 0.3 is 0 Å². The highest BCUT2D eigenvalue weighted by Gasteiger charge is 2.23. The molecule has 1 amide bonds. The van der Waals surface area contributed by atoms with E-state index in [1.165, 1.54) is 0 Å². The molecule has 1 N–H and O–H groups in total. The molecule has 0 bridgehead atoms. The zero-order chi connectivity index (χ0) is 11.3. The van der Waals surface area contributed by atoms with Gasteiger partial charge in [-0.1, -0.05) is 6.58 Å². The molecule has 5 nitrogen and oxygen atoms in total. The predicted molar refractivity (Wildman–Crippen MR) is 54.1 cm³/mol. The number of carbonyl (C=O) groups is 1. The predicted octanol–water partition coefficient (Wildman–Crippen LogP) is 0.414. The van der Waals surface area contributed by atoms with Gasteiger partial charge in [0.25, 0.3) is 6.48 Å². The maximum Gasteiger partial charge on any atom is 0.271 e. The molecule has 0 saturated carbocycles. The summed E-state index contributed by atoms with van der Waals surface area (Å²) in [6.07, 6.45) is 0. The molecule has 1 aliphatic heterocycles. The van der Waals surface area contributed by atoms with Gasteiger partial charge in [0.15, 0.2) is 0 Å². The molecule has 0 unspecified atom stereocenters. The van der Waals surface area contributed by atoms with Crippen molar-refractivity contribution in [1.82, 2.24) is 5.32 Å². The first-order valence-corrected chi connectivity index (χ1v) is 4.94. The highest BCUT2D eigenvalue weighted by atomic mass is 16.8. The summed E-state index contributed by atoms with van der Waals surface area (Å²) in [5.74, 6) is -0.179. The largest absolute Gasteiger partial charge is 0.345 e. The molecule has 15 heavy (non-hydrogen) atoms. The number of hydrogen-bond acceptors (Lipinski definition) is 4. The minimum Gasteiger partial charge on any atom is -0.345 e. The van der Waals surface area contributed by atoms with Gasteiger partial charge < -0.3 is 19.5 Å². The topological polar surface area (TPSA) is 56.8 Å². The summed E-state index contributed by atoms with van der Waals surface area (Å²) in [7, 11) is 0. The summed E-state index contributed by atoms with van der Waals surface area (Å²) in [4.78, 5) is 11.3. The second-order valence-electron chi connectivity index (χ2n) is 3.36. The summed E-state index contributed by atoms with van der Waals surface area (Å²) < 4.78 is 15.6. The maximum atomic E-state index is 11.3. The molecule has 1 saturated heterocycles. The molecule has 1 rings (SSSR count). The zero-order valence-electron chi connectivity index (χ0n) is 9.12. The molecule has 0 aromatic heterocycles. The van der Waals surface area contributed by atoms with Crippen molar-refractivity contribution >= 4 is 5.91 Å². The van der Waals surface area contributed by atoms with Crippen molar-refractivity contribution in [3.63, 3.8) is 0 Å². The van der Waals surface area contributed by atoms with E-state index in [1.807, 2.05) is 6.92 Å². The first-order valence-electron chi connectivity index (χ1n) is 4.94. The van der Waals surface area contributed by atoms with Gasteiger partial charge in [-0.2, -0.15) is 0 Å². The van der Waals surface area contributed by atoms with Crippen molar-refractivity contribution in [2.75, 3.05) is 19.8 Å². The van der Waals surface area contributed by atoms with Crippen LogP contribution in [0.4, 0.5) is 0 Å². The van der Waals surface area contributed by atoms with Crippen molar-refractivity contribution in [3.8, 4) is 0 Å². The zero-order valence-corrected chi connectivity index (χ0v) is 9.12. The summed E-state index contributed by atoms with van der Waals surface area (Å²) in [5, 5.41) is 2.74. The molecule has 1 aliphatic rings. The summed E-state index contributed by atoms with van der Waals surface area (Å²) in [5.41, 5.74) is 0.474. The quantitative estimate of drug-likeness (QED) is 0.690. The SMILES string of the molecule is C=C(C)C(=O)NC1COC(OCC)OC1. The van der Waals surface area contributed by atoms with Gasteiger partial charge in [0.2, 0.25) is 5.91 Å². The number of nitrogens with one attached hydrogen (secondary N) is 1. The van der Waals surface area contributed by atoms with Gasteiger partial charge in [0, 0.05) is 12.2 Å². The van der Waals surface area contributed by atoms with Gasteiger partial charge in [0.1, 0.15) is 0 Å². The molecular weight excluding hydrogens is 198 g/mol. The number of amides is 1. The van der Waals surface area contributed by atoms with Crippen molar-refractivity contribution in [2.24, 2.45) is 0 Å². The van der Waals surface area contributed by atoms with E-state index in [9.17, 15) is 4.79 Å². The van der Waals surface area contributed by atoms with Crippen LogP contribution in [0.3, 0.4) is 0 Å². The molecule has 1 fully saturated rings. The summed E-state index contributed by atoms with van der Waals surface area (Å²) >= 11 is 0. The van der Waals surface area contributed by atoms with E-state index in [0.29, 0.717) is 25.4 Å². The Bertz CT molecular complexity index is 234. The van der Waals surface area contributed by atoms with E-state index in [0.717, 1.165) is 0 Å². The van der Waals surface area contributed by atoms with Crippen molar-refractivity contribution in [2.45, 2.75) is 26.4 Å². The average molecular weight is 215 g/mol. The van der Waals surface area contributed by atoms with Crippen LogP contribution in [0.5, 0.6) is 0 Å². The van der Waals surface area contributed by atoms with Crippen molar-refractivity contribution in [1.29, 1.82) is 0 Å². The summed E-state index contributed by atoms with van der Waals surface area (Å²) in [6, 6.07) is -0.133. The number of ether oxygens (including phenoxy) is 3. The lowest BCUT2D eigenvalue weighted by molar-refractivity contribution is -0.313. The average Bonchev–Trinajstić information content (AvgIpc) is 2.21. The van der Waals surface area contributed by atoms with E-state index in [-0.39, 0.29) is 11.9 Å². The van der Waals surface area contributed by atoms with E-state index >= 15 is 0 Å². The molecule has 86 valence electrons. The van der Waals surface area contributed by atoms with Gasteiger partial charge in [-0.15, -0.1) is 0 Å². The van der Waals surface area contributed by atoms with E-state index in [2.05, 4.69) is 11.9 Å². The Morgan fingerprint density at radius 3 is 2.60 bits per heavy atom. The van der Waals surface area contributed by atoms with Crippen LogP contribution in [-0.4, -0.2) is 38.2 Å². The fourth-order valence-electron chi connectivity index (χ4n) is 1.11. The monoisotopic (exact) mass is 215 g/mol. The van der Waals surface area contributed by atoms with E-state index < -0.39 is 6.48 Å². The normalized spacial score (nSPS) is 26.0. The van der Waals surface area contributed by atoms with Gasteiger partial charge in [0.05, 0.1) is 19.3 Å². The second-order valence-corrected chi connectivity index (χ2v) is 3.36. The molecular formula is C10H17NO4. The molecule has 1 heterocycles. The third kappa shape index (κ3) is 3.99. The first-order chi connectivity index (χ1) is 7.13. The minimum absolute atomic E-state index is 0.133. The Labute approximate surface area is 89.4 Å². The molecule has 0 spiro atoms. The minimum atomic E-state index is -0.604. The fraction of sp³-hybridized carbons (Fsp3) is 0.700. The Morgan fingerprint density at radius 2 is 2.13 bits per heavy atom. The highest BCUT2D eigenvalue weighted by Crippen LogP contribution is 2.07. The molecule has 0 radical (unpaired) electrons. The van der Waals surface area contributed by atoms with Gasteiger partial charge in [-0.25, -0.2) is 0 Å². The van der Waals surface area contributed by atoms with Crippen LogP contribution in [0.15, 0.2) is 12.2 Å². The lowest BCUT2D eigenvalue weighted by atomic mass is 10.2. The lowest BCUT2D eigenvalue weighted by Gasteiger charge is -2.29. The van der Waals surface area contributed by atoms with Gasteiger partial charge in [-0.3, -0.25) is 4.79 Å². The van der Waals surface area contributed by atoms with E-state index in [4.69, 9.17) is 14.2 Å². The third-order valence-electron chi connectivity index (χ3n) is 1.89. The third-order valence-corrected chi connectivity index (χ3v) is 1.89. The molecule has 0 atom stereocenters. The standard InChI is InChI=1S/C10H17NO4/c1-4-13-10-14-5-8(6-15-10)11-9(12)7(2)3/h8,10H,2,4-6H2,1,3H3,(H,11,12). The Balaban J connectivity index is 2.25. The summed E-state index contributed by atoms with van der Waals surface area (Å²) in [6.45, 7) is 7.78. The molecule has 0 aromatic rings. The van der Waals surface area contributed by atoms with Gasteiger partial charge in [-0.05, 0) is 13.8 Å². The molecule has 0 aromatic carbocycles. The maximum absolute atomic E-state index is 11.3. The Kier molecular flexibility index (Phi) is 4.74. The number of carbonyl (C=O) groups excluding carboxylic acids is 1. The highest BCUT2D eigenvalue weighted by molar-refractivity contribution is 5.92. The van der Waals surface area contributed by atoms with Crippen LogP contribution < -0.4 is 5.32 Å². The lowest BCUT2D eigenvalue weighted by Crippen LogP contribution is -2.47. The van der Waals surface area contributed by atoms with Crippen LogP contribution >= 0.6 is 0 Å². The van der Waals surface area contributed by atoms with Crippen molar-refractivity contribution in [3.05, 3.63) is 12.2 Å². The number of rotatable bonds is 4. The number of hydrogen-bond donors (Lipinski definition) is 1. The Morgan fingerprint density at radius 1 is 1.53 bits per heavy atom. The fourth-order valence-corrected chi connectivity index (χ4v) is 1.11. The van der Waals surface area contributed by atoms with E-state index in [1.54, 1.807) is 6.92 Å². The Hall–Kier alpha value is -0.910. The van der Waals surface area contributed by atoms with Crippen LogP contribution in [0, 0.1) is 0 Å². The van der Waals surface area contributed by atoms with Crippen LogP contribution in [0.2, 0.25) is 0 Å². The first kappa shape index (κ1) is 12.2. The van der Waals surface area contributed by atoms with Crippen molar-refractivity contribution < 1.29 is 19.0 Å². The molecule has 5 heteroatoms.